The fraction of sp³-hybridized carbons (Fsp3) is 1.00. The van der Waals surface area contributed by atoms with E-state index in [1.54, 1.807) is 0 Å². The van der Waals surface area contributed by atoms with Crippen LogP contribution in [0.4, 0.5) is 0 Å². The van der Waals surface area contributed by atoms with Gasteiger partial charge >= 0.3 is 0 Å². The first-order valence-electron chi connectivity index (χ1n) is 2.82. The van der Waals surface area contributed by atoms with Gasteiger partial charge in [0.2, 0.25) is 0 Å². The summed E-state index contributed by atoms with van der Waals surface area (Å²) >= 11 is 0. The third kappa shape index (κ3) is 22400. The fourth-order valence-corrected chi connectivity index (χ4v) is 0. The summed E-state index contributed by atoms with van der Waals surface area (Å²) in [4.78, 5) is 0. The molecule has 2 heteroatoms. The van der Waals surface area contributed by atoms with Gasteiger partial charge in [-0.15, -0.1) is 0 Å². The van der Waals surface area contributed by atoms with Gasteiger partial charge in [0.1, 0.15) is 0 Å². The molecule has 0 atom stereocenters. The van der Waals surface area contributed by atoms with E-state index in [-0.39, 0.29) is 14.1 Å². The summed E-state index contributed by atoms with van der Waals surface area (Å²) in [6, 6.07) is 0. The van der Waals surface area contributed by atoms with E-state index in [2.05, 4.69) is 11.5 Å². The monoisotopic (exact) mass is 122 g/mol. The van der Waals surface area contributed by atoms with E-state index in [1.165, 1.54) is 0 Å². The Bertz CT molecular complexity index is 6.49. The van der Waals surface area contributed by atoms with Crippen LogP contribution in [0, 0.1) is 0 Å². The Kier molecular flexibility index (Phi) is 884. The van der Waals surface area contributed by atoms with Crippen molar-refractivity contribution in [2.45, 2.75) is 35.1 Å². The summed E-state index contributed by atoms with van der Waals surface area (Å²) in [6.07, 6.45) is 0. The van der Waals surface area contributed by atoms with E-state index in [0.29, 0.717) is 0 Å². The van der Waals surface area contributed by atoms with Crippen LogP contribution in [0.15, 0.2) is 0 Å². The molecule has 8 heavy (non-hydrogen) atoms. The maximum absolute atomic E-state index is 4.62. The van der Waals surface area contributed by atoms with Gasteiger partial charge in [-0.1, -0.05) is 35.1 Å². The van der Waals surface area contributed by atoms with E-state index in [0.717, 1.165) is 0 Å². The zero-order valence-electron chi connectivity index (χ0n) is 5.86. The smallest absolute Gasteiger partial charge is 0.0403 e. The van der Waals surface area contributed by atoms with Crippen LogP contribution in [0.5, 0.6) is 0 Å². The highest BCUT2D eigenvalue weighted by Gasteiger charge is 1.29. The minimum absolute atomic E-state index is 0. The average molecular weight is 122 g/mol. The minimum Gasteiger partial charge on any atom is -0.319 e. The van der Waals surface area contributed by atoms with Gasteiger partial charge < -0.3 is 11.5 Å². The minimum atomic E-state index is 0. The molecule has 0 rings (SSSR count). The van der Waals surface area contributed by atoms with Gasteiger partial charge in [-0.3, -0.25) is 0 Å². The van der Waals surface area contributed by atoms with Crippen molar-refractivity contribution in [3.63, 3.8) is 0 Å². The van der Waals surface area contributed by atoms with Crippen molar-refractivity contribution in [3.05, 3.63) is 0 Å². The molecule has 0 aliphatic heterocycles. The Morgan fingerprint density at radius 3 is 0.875 bits per heavy atom. The van der Waals surface area contributed by atoms with Crippen molar-refractivity contribution >= 4 is 0 Å². The SMILES string of the molecule is C.CC.CC.NCN. The van der Waals surface area contributed by atoms with Crippen molar-refractivity contribution in [3.8, 4) is 0 Å². The zero-order valence-corrected chi connectivity index (χ0v) is 5.86. The van der Waals surface area contributed by atoms with Crippen molar-refractivity contribution in [2.24, 2.45) is 11.5 Å². The Balaban J connectivity index is -0.0000000147. The average Bonchev–Trinajstić information content (AvgIpc) is 1.78. The van der Waals surface area contributed by atoms with Gasteiger partial charge in [0.25, 0.3) is 0 Å². The maximum atomic E-state index is 4.62. The second-order valence-electron chi connectivity index (χ2n) is 0.236. The molecule has 0 radical (unpaired) electrons. The summed E-state index contributed by atoms with van der Waals surface area (Å²) in [7, 11) is 0. The lowest BCUT2D eigenvalue weighted by Gasteiger charge is -1.56. The van der Waals surface area contributed by atoms with Gasteiger partial charge in [0.05, 0.1) is 0 Å². The summed E-state index contributed by atoms with van der Waals surface area (Å²) in [5.74, 6) is 0. The van der Waals surface area contributed by atoms with E-state index < -0.39 is 0 Å². The summed E-state index contributed by atoms with van der Waals surface area (Å²) in [6.45, 7) is 8.25. The molecule has 0 aromatic heterocycles. The molecule has 0 aromatic carbocycles. The maximum Gasteiger partial charge on any atom is 0.0403 e. The summed E-state index contributed by atoms with van der Waals surface area (Å²) in [5.41, 5.74) is 9.25. The first-order valence-corrected chi connectivity index (χ1v) is 2.82. The van der Waals surface area contributed by atoms with Crippen LogP contribution in [0.3, 0.4) is 0 Å². The molecule has 0 fully saturated rings. The van der Waals surface area contributed by atoms with Crippen molar-refractivity contribution in [1.29, 1.82) is 0 Å². The number of hydrogen-bond acceptors (Lipinski definition) is 2. The lowest BCUT2D eigenvalue weighted by Crippen LogP contribution is -2.08. The molecule has 0 amide bonds. The molecular weight excluding hydrogens is 100 g/mol. The molecule has 0 aromatic rings. The number of rotatable bonds is 0. The Labute approximate surface area is 54.3 Å². The highest BCUT2D eigenvalue weighted by atomic mass is 14.7. The quantitative estimate of drug-likeness (QED) is 0.479. The predicted octanol–water partition coefficient (Wildman–Crippen LogP) is 1.55. The molecule has 0 saturated heterocycles. The lowest BCUT2D eigenvalue weighted by molar-refractivity contribution is 1.07. The summed E-state index contributed by atoms with van der Waals surface area (Å²) in [5, 5.41) is 0. The molecule has 0 saturated carbocycles. The van der Waals surface area contributed by atoms with Gasteiger partial charge in [0, 0.05) is 6.67 Å². The molecule has 4 N–H and O–H groups in total. The largest absolute Gasteiger partial charge is 0.319 e. The van der Waals surface area contributed by atoms with Crippen LogP contribution < -0.4 is 11.5 Å². The Morgan fingerprint density at radius 2 is 0.875 bits per heavy atom. The number of nitrogens with two attached hydrogens (primary N) is 2. The second-order valence-corrected chi connectivity index (χ2v) is 0.236. The highest BCUT2D eigenvalue weighted by Crippen LogP contribution is 1.15. The van der Waals surface area contributed by atoms with Crippen LogP contribution in [0.2, 0.25) is 0 Å². The van der Waals surface area contributed by atoms with Gasteiger partial charge in [-0.25, -0.2) is 0 Å². The van der Waals surface area contributed by atoms with Gasteiger partial charge in [-0.2, -0.15) is 0 Å². The van der Waals surface area contributed by atoms with E-state index >= 15 is 0 Å². The third-order valence-electron chi connectivity index (χ3n) is 0. The fourth-order valence-electron chi connectivity index (χ4n) is 0. The molecule has 0 aliphatic carbocycles. The number of hydrogen-bond donors (Lipinski definition) is 2. The second kappa shape index (κ2) is 287. The Morgan fingerprint density at radius 1 is 0.875 bits per heavy atom. The van der Waals surface area contributed by atoms with Gasteiger partial charge in [0.15, 0.2) is 0 Å². The van der Waals surface area contributed by atoms with Crippen LogP contribution in [-0.4, -0.2) is 6.67 Å². The molecule has 2 nitrogen and oxygen atoms in total. The first kappa shape index (κ1) is 24.7. The standard InChI is InChI=1S/2C2H6.CH6N2.CH4/c2*1-2;2-1-3;/h2*1-2H3;1-3H2;1H4. The molecule has 0 unspecified atom stereocenters. The van der Waals surface area contributed by atoms with Crippen LogP contribution in [0.25, 0.3) is 0 Å². The molecule has 0 heterocycles. The molecule has 0 aliphatic rings. The highest BCUT2D eigenvalue weighted by molar-refractivity contribution is 3.94. The molecule has 0 spiro atoms. The van der Waals surface area contributed by atoms with Crippen molar-refractivity contribution < 1.29 is 0 Å². The van der Waals surface area contributed by atoms with Crippen molar-refractivity contribution in [2.75, 3.05) is 6.67 Å². The van der Waals surface area contributed by atoms with Crippen LogP contribution in [0.1, 0.15) is 35.1 Å². The lowest BCUT2D eigenvalue weighted by atomic mass is 11.0. The Hall–Kier alpha value is -0.0800. The predicted molar refractivity (Wildman–Crippen MR) is 42.7 cm³/mol. The van der Waals surface area contributed by atoms with Crippen molar-refractivity contribution in [1.82, 2.24) is 0 Å². The first-order chi connectivity index (χ1) is 3.41. The molecule has 56 valence electrons. The molecule has 0 bridgehead atoms. The van der Waals surface area contributed by atoms with E-state index in [9.17, 15) is 0 Å². The van der Waals surface area contributed by atoms with Gasteiger partial charge in [-0.05, 0) is 0 Å². The van der Waals surface area contributed by atoms with E-state index in [1.807, 2.05) is 27.7 Å². The summed E-state index contributed by atoms with van der Waals surface area (Å²) < 4.78 is 0. The third-order valence-corrected chi connectivity index (χ3v) is 0. The van der Waals surface area contributed by atoms with Crippen LogP contribution in [-0.2, 0) is 0 Å². The zero-order chi connectivity index (χ0) is 6.71. The van der Waals surface area contributed by atoms with Crippen LogP contribution >= 0.6 is 0 Å². The van der Waals surface area contributed by atoms with E-state index in [4.69, 9.17) is 0 Å². The topological polar surface area (TPSA) is 52.0 Å². The normalized spacial score (nSPS) is 3.75. The molecular formula is C6H22N2.